The Morgan fingerprint density at radius 2 is 1.71 bits per heavy atom. The standard InChI is InChI=1S/C22H14BrN3O5/c23-15-8-11-17(24-12-15)25-19(13-6-9-16(10-7-13)26(30)31)18(21(28)22(25)29)20(27)14-4-2-1-3-5-14/h1-12,19,27H/b20-18+/t19-/m1/s1. The summed E-state index contributed by atoms with van der Waals surface area (Å²) in [5, 5.41) is 22.0. The highest BCUT2D eigenvalue weighted by atomic mass is 79.9. The van der Waals surface area contributed by atoms with Crippen LogP contribution in [0.5, 0.6) is 0 Å². The maximum atomic E-state index is 13.0. The van der Waals surface area contributed by atoms with Gasteiger partial charge in [-0.2, -0.15) is 0 Å². The van der Waals surface area contributed by atoms with Crippen LogP contribution < -0.4 is 4.90 Å². The van der Waals surface area contributed by atoms with Crippen molar-refractivity contribution in [3.8, 4) is 0 Å². The number of non-ortho nitro benzene ring substituents is 1. The van der Waals surface area contributed by atoms with Crippen LogP contribution in [-0.2, 0) is 9.59 Å². The number of carbonyl (C=O) groups is 2. The molecule has 0 unspecified atom stereocenters. The summed E-state index contributed by atoms with van der Waals surface area (Å²) in [6, 6.07) is 16.1. The molecule has 0 spiro atoms. The molecule has 1 atom stereocenters. The van der Waals surface area contributed by atoms with E-state index in [2.05, 4.69) is 20.9 Å². The van der Waals surface area contributed by atoms with Crippen molar-refractivity contribution in [3.05, 3.63) is 104 Å². The minimum Gasteiger partial charge on any atom is -0.507 e. The summed E-state index contributed by atoms with van der Waals surface area (Å²) in [6.45, 7) is 0. The molecule has 1 saturated heterocycles. The van der Waals surface area contributed by atoms with Crippen molar-refractivity contribution in [3.63, 3.8) is 0 Å². The van der Waals surface area contributed by atoms with Crippen molar-refractivity contribution in [2.75, 3.05) is 4.90 Å². The van der Waals surface area contributed by atoms with E-state index in [1.165, 1.54) is 35.4 Å². The zero-order valence-corrected chi connectivity index (χ0v) is 17.4. The fourth-order valence-corrected chi connectivity index (χ4v) is 3.66. The number of pyridine rings is 1. The van der Waals surface area contributed by atoms with Gasteiger partial charge in [-0.15, -0.1) is 0 Å². The maximum Gasteiger partial charge on any atom is 0.301 e. The summed E-state index contributed by atoms with van der Waals surface area (Å²) in [5.41, 5.74) is 0.545. The van der Waals surface area contributed by atoms with E-state index in [1.807, 2.05) is 0 Å². The smallest absolute Gasteiger partial charge is 0.301 e. The Balaban J connectivity index is 1.93. The second-order valence-electron chi connectivity index (χ2n) is 6.72. The number of benzene rings is 2. The fourth-order valence-electron chi connectivity index (χ4n) is 3.42. The number of Topliss-reactive ketones (excluding diaryl/α,β-unsaturated/α-hetero) is 1. The first-order valence-electron chi connectivity index (χ1n) is 9.11. The molecule has 2 heterocycles. The number of nitro groups is 1. The van der Waals surface area contributed by atoms with Crippen LogP contribution in [0.1, 0.15) is 17.2 Å². The molecule has 1 aliphatic rings. The quantitative estimate of drug-likeness (QED) is 0.195. The second kappa shape index (κ2) is 8.11. The van der Waals surface area contributed by atoms with Gasteiger partial charge in [0, 0.05) is 28.4 Å². The van der Waals surface area contributed by atoms with Crippen LogP contribution in [0.25, 0.3) is 5.76 Å². The largest absolute Gasteiger partial charge is 0.507 e. The van der Waals surface area contributed by atoms with Gasteiger partial charge < -0.3 is 5.11 Å². The van der Waals surface area contributed by atoms with E-state index in [0.717, 1.165) is 0 Å². The number of aliphatic hydroxyl groups excluding tert-OH is 1. The molecule has 1 aromatic heterocycles. The van der Waals surface area contributed by atoms with E-state index in [9.17, 15) is 24.8 Å². The van der Waals surface area contributed by atoms with Gasteiger partial charge in [0.2, 0.25) is 0 Å². The highest BCUT2D eigenvalue weighted by molar-refractivity contribution is 9.10. The van der Waals surface area contributed by atoms with Crippen LogP contribution in [0, 0.1) is 10.1 Å². The topological polar surface area (TPSA) is 114 Å². The predicted octanol–water partition coefficient (Wildman–Crippen LogP) is 4.38. The van der Waals surface area contributed by atoms with Crippen molar-refractivity contribution < 1.29 is 19.6 Å². The number of ketones is 1. The number of amides is 1. The molecule has 1 aliphatic heterocycles. The SMILES string of the molecule is O=C1C(=O)N(c2ccc(Br)cn2)[C@H](c2ccc([N+](=O)[O-])cc2)/C1=C(\O)c1ccccc1. The fraction of sp³-hybridized carbons (Fsp3) is 0.0455. The number of aliphatic hydroxyl groups is 1. The lowest BCUT2D eigenvalue weighted by Crippen LogP contribution is -2.30. The molecule has 4 rings (SSSR count). The molecule has 3 aromatic rings. The van der Waals surface area contributed by atoms with Gasteiger partial charge in [-0.25, -0.2) is 4.98 Å². The summed E-state index contributed by atoms with van der Waals surface area (Å²) >= 11 is 3.28. The highest BCUT2D eigenvalue weighted by Crippen LogP contribution is 2.41. The van der Waals surface area contributed by atoms with E-state index >= 15 is 0 Å². The van der Waals surface area contributed by atoms with Crippen LogP contribution in [-0.4, -0.2) is 26.7 Å². The molecule has 0 radical (unpaired) electrons. The lowest BCUT2D eigenvalue weighted by atomic mass is 9.95. The van der Waals surface area contributed by atoms with E-state index in [0.29, 0.717) is 15.6 Å². The average Bonchev–Trinajstić information content (AvgIpc) is 3.05. The molecule has 1 fully saturated rings. The first-order chi connectivity index (χ1) is 14.9. The van der Waals surface area contributed by atoms with Gasteiger partial charge in [-0.05, 0) is 45.8 Å². The molecule has 8 nitrogen and oxygen atoms in total. The number of anilines is 1. The first-order valence-corrected chi connectivity index (χ1v) is 9.90. The van der Waals surface area contributed by atoms with Gasteiger partial charge in [0.15, 0.2) is 0 Å². The summed E-state index contributed by atoms with van der Waals surface area (Å²) in [5.74, 6) is -1.84. The minimum atomic E-state index is -1.00. The number of nitro benzene ring substituents is 1. The zero-order chi connectivity index (χ0) is 22.1. The van der Waals surface area contributed by atoms with Crippen LogP contribution in [0.15, 0.2) is 83.0 Å². The van der Waals surface area contributed by atoms with E-state index in [1.54, 1.807) is 42.5 Å². The highest BCUT2D eigenvalue weighted by Gasteiger charge is 2.47. The number of aromatic nitrogens is 1. The lowest BCUT2D eigenvalue weighted by molar-refractivity contribution is -0.384. The monoisotopic (exact) mass is 479 g/mol. The maximum absolute atomic E-state index is 13.0. The van der Waals surface area contributed by atoms with E-state index < -0.39 is 22.7 Å². The van der Waals surface area contributed by atoms with Crippen LogP contribution in [0.4, 0.5) is 11.5 Å². The Bertz CT molecular complexity index is 1210. The van der Waals surface area contributed by atoms with Crippen molar-refractivity contribution in [2.24, 2.45) is 0 Å². The Hall–Kier alpha value is -3.85. The summed E-state index contributed by atoms with van der Waals surface area (Å²) in [4.78, 5) is 41.8. The number of hydrogen-bond donors (Lipinski definition) is 1. The van der Waals surface area contributed by atoms with Gasteiger partial charge in [0.1, 0.15) is 11.6 Å². The van der Waals surface area contributed by atoms with Gasteiger partial charge in [0.25, 0.3) is 11.5 Å². The second-order valence-corrected chi connectivity index (χ2v) is 7.63. The van der Waals surface area contributed by atoms with Crippen molar-refractivity contribution in [1.29, 1.82) is 0 Å². The molecule has 2 aromatic carbocycles. The molecule has 154 valence electrons. The van der Waals surface area contributed by atoms with Gasteiger partial charge in [-0.3, -0.25) is 24.6 Å². The van der Waals surface area contributed by atoms with Crippen LogP contribution >= 0.6 is 15.9 Å². The third kappa shape index (κ3) is 3.71. The Kier molecular flexibility index (Phi) is 5.35. The summed E-state index contributed by atoms with van der Waals surface area (Å²) in [6.07, 6.45) is 1.48. The zero-order valence-electron chi connectivity index (χ0n) is 15.8. The summed E-state index contributed by atoms with van der Waals surface area (Å²) < 4.78 is 0.684. The van der Waals surface area contributed by atoms with Gasteiger partial charge in [0.05, 0.1) is 16.5 Å². The molecule has 1 amide bonds. The third-order valence-electron chi connectivity index (χ3n) is 4.87. The molecule has 1 N–H and O–H groups in total. The third-order valence-corrected chi connectivity index (χ3v) is 5.34. The number of carbonyl (C=O) groups excluding carboxylic acids is 2. The number of hydrogen-bond acceptors (Lipinski definition) is 6. The van der Waals surface area contributed by atoms with Crippen LogP contribution in [0.3, 0.4) is 0 Å². The number of nitrogens with zero attached hydrogens (tertiary/aromatic N) is 3. The van der Waals surface area contributed by atoms with Crippen LogP contribution in [0.2, 0.25) is 0 Å². The normalized spacial score (nSPS) is 17.7. The first kappa shape index (κ1) is 20.4. The number of halogens is 1. The molecule has 0 saturated carbocycles. The molecule has 0 aliphatic carbocycles. The van der Waals surface area contributed by atoms with Crippen molar-refractivity contribution in [1.82, 2.24) is 4.98 Å². The predicted molar refractivity (Wildman–Crippen MR) is 116 cm³/mol. The molecule has 0 bridgehead atoms. The lowest BCUT2D eigenvalue weighted by Gasteiger charge is -2.24. The van der Waals surface area contributed by atoms with Crippen molar-refractivity contribution >= 4 is 44.9 Å². The molecular formula is C22H14BrN3O5. The Labute approximate surface area is 184 Å². The van der Waals surface area contributed by atoms with E-state index in [-0.39, 0.29) is 22.8 Å². The average molecular weight is 480 g/mol. The van der Waals surface area contributed by atoms with Crippen molar-refractivity contribution in [2.45, 2.75) is 6.04 Å². The number of rotatable bonds is 4. The Morgan fingerprint density at radius 3 is 2.29 bits per heavy atom. The minimum absolute atomic E-state index is 0.116. The Morgan fingerprint density at radius 1 is 1.03 bits per heavy atom. The molecule has 31 heavy (non-hydrogen) atoms. The summed E-state index contributed by atoms with van der Waals surface area (Å²) in [7, 11) is 0. The van der Waals surface area contributed by atoms with Gasteiger partial charge in [-0.1, -0.05) is 30.3 Å². The molecule has 9 heteroatoms. The van der Waals surface area contributed by atoms with Gasteiger partial charge >= 0.3 is 5.91 Å². The molecular weight excluding hydrogens is 466 g/mol. The van der Waals surface area contributed by atoms with E-state index in [4.69, 9.17) is 0 Å².